The molecule has 7 nitrogen and oxygen atoms in total. The van der Waals surface area contributed by atoms with Gasteiger partial charge in [0.15, 0.2) is 0 Å². The zero-order valence-corrected chi connectivity index (χ0v) is 20.4. The molecule has 1 saturated heterocycles. The molecule has 5 rings (SSSR count). The second kappa shape index (κ2) is 9.07. The molecule has 7 heteroatoms. The zero-order valence-electron chi connectivity index (χ0n) is 20.4. The van der Waals surface area contributed by atoms with E-state index >= 15 is 0 Å². The van der Waals surface area contributed by atoms with Crippen molar-refractivity contribution in [1.82, 2.24) is 0 Å². The van der Waals surface area contributed by atoms with Gasteiger partial charge in [-0.25, -0.2) is 0 Å². The molecule has 184 valence electrons. The van der Waals surface area contributed by atoms with Gasteiger partial charge in [-0.2, -0.15) is 0 Å². The lowest BCUT2D eigenvalue weighted by molar-refractivity contribution is -0.132. The van der Waals surface area contributed by atoms with E-state index in [0.717, 1.165) is 11.3 Å². The zero-order chi connectivity index (χ0) is 25.6. The van der Waals surface area contributed by atoms with Crippen molar-refractivity contribution in [3.8, 4) is 11.5 Å². The number of rotatable bonds is 4. The fourth-order valence-corrected chi connectivity index (χ4v) is 4.78. The minimum Gasteiger partial charge on any atom is -0.508 e. The number of anilines is 2. The van der Waals surface area contributed by atoms with Crippen LogP contribution in [0.2, 0.25) is 0 Å². The minimum atomic E-state index is -0.910. The Morgan fingerprint density at radius 2 is 1.78 bits per heavy atom. The molecule has 0 aliphatic carbocycles. The van der Waals surface area contributed by atoms with Gasteiger partial charge in [-0.3, -0.25) is 14.5 Å². The van der Waals surface area contributed by atoms with Crippen LogP contribution in [-0.4, -0.2) is 42.1 Å². The lowest BCUT2D eigenvalue weighted by Crippen LogP contribution is -2.29. The third kappa shape index (κ3) is 3.96. The smallest absolute Gasteiger partial charge is 0.300 e. The number of amides is 1. The summed E-state index contributed by atoms with van der Waals surface area (Å²) in [4.78, 5) is 30.2. The molecule has 2 N–H and O–H groups in total. The van der Waals surface area contributed by atoms with Crippen LogP contribution in [-0.2, 0) is 9.59 Å². The third-order valence-electron chi connectivity index (χ3n) is 6.80. The summed E-state index contributed by atoms with van der Waals surface area (Å²) in [5, 5.41) is 21.6. The van der Waals surface area contributed by atoms with E-state index in [1.54, 1.807) is 30.3 Å². The molecule has 0 aromatic heterocycles. The van der Waals surface area contributed by atoms with E-state index < -0.39 is 17.7 Å². The van der Waals surface area contributed by atoms with Crippen LogP contribution >= 0.6 is 0 Å². The van der Waals surface area contributed by atoms with Crippen molar-refractivity contribution in [2.45, 2.75) is 25.8 Å². The number of phenols is 1. The molecule has 3 aromatic rings. The summed E-state index contributed by atoms with van der Waals surface area (Å²) in [5.74, 6) is -0.791. The molecule has 1 fully saturated rings. The molecular formula is C29H28N2O5. The Kier molecular flexibility index (Phi) is 5.92. The first-order valence-corrected chi connectivity index (χ1v) is 11.9. The molecule has 2 aliphatic heterocycles. The SMILES string of the molecule is CC(C)c1ccc(N2C(=O)C(=O)/C(=C(\O)c3ccc4c(c3)N(C)CCO4)C2c2cccc(O)c2)cc1. The van der Waals surface area contributed by atoms with Crippen molar-refractivity contribution < 1.29 is 24.5 Å². The number of aliphatic hydroxyl groups excluding tert-OH is 1. The number of aromatic hydroxyl groups is 1. The van der Waals surface area contributed by atoms with E-state index in [1.165, 1.54) is 17.0 Å². The van der Waals surface area contributed by atoms with E-state index in [9.17, 15) is 19.8 Å². The summed E-state index contributed by atoms with van der Waals surface area (Å²) >= 11 is 0. The van der Waals surface area contributed by atoms with Crippen molar-refractivity contribution in [3.05, 3.63) is 89.0 Å². The first kappa shape index (κ1) is 23.5. The summed E-state index contributed by atoms with van der Waals surface area (Å²) < 4.78 is 5.70. The standard InChI is InChI=1S/C29H28N2O5/c1-17(2)18-7-10-21(11-8-18)31-26(19-5-4-6-22(32)15-19)25(28(34)29(31)35)27(33)20-9-12-24-23(16-20)30(3)13-14-36-24/h4-12,15-17,26,32-33H,13-14H2,1-3H3/b27-25-. The largest absolute Gasteiger partial charge is 0.508 e. The van der Waals surface area contributed by atoms with Gasteiger partial charge in [-0.1, -0.05) is 38.1 Å². The molecule has 0 saturated carbocycles. The van der Waals surface area contributed by atoms with Crippen LogP contribution in [0.3, 0.4) is 0 Å². The molecule has 1 unspecified atom stereocenters. The van der Waals surface area contributed by atoms with Crippen LogP contribution in [0.5, 0.6) is 11.5 Å². The number of benzene rings is 3. The van der Waals surface area contributed by atoms with Gasteiger partial charge in [-0.15, -0.1) is 0 Å². The molecule has 0 radical (unpaired) electrons. The number of phenolic OH excluding ortho intramolecular Hbond substituents is 1. The summed E-state index contributed by atoms with van der Waals surface area (Å²) in [5.41, 5.74) is 3.32. The van der Waals surface area contributed by atoms with Gasteiger partial charge in [0.05, 0.1) is 23.8 Å². The number of ketones is 1. The highest BCUT2D eigenvalue weighted by Crippen LogP contribution is 2.44. The Morgan fingerprint density at radius 1 is 1.03 bits per heavy atom. The van der Waals surface area contributed by atoms with Gasteiger partial charge in [0, 0.05) is 18.3 Å². The quantitative estimate of drug-likeness (QED) is 0.309. The number of fused-ring (bicyclic) bond motifs is 1. The monoisotopic (exact) mass is 484 g/mol. The van der Waals surface area contributed by atoms with Crippen molar-refractivity contribution in [2.24, 2.45) is 0 Å². The van der Waals surface area contributed by atoms with E-state index in [-0.39, 0.29) is 17.1 Å². The van der Waals surface area contributed by atoms with Gasteiger partial charge in [0.25, 0.3) is 11.7 Å². The van der Waals surface area contributed by atoms with Crippen molar-refractivity contribution >= 4 is 28.8 Å². The van der Waals surface area contributed by atoms with E-state index in [1.807, 2.05) is 36.2 Å². The molecular weight excluding hydrogens is 456 g/mol. The highest BCUT2D eigenvalue weighted by Gasteiger charge is 2.47. The van der Waals surface area contributed by atoms with Crippen molar-refractivity contribution in [1.29, 1.82) is 0 Å². The average Bonchev–Trinajstić information content (AvgIpc) is 3.14. The third-order valence-corrected chi connectivity index (χ3v) is 6.80. The van der Waals surface area contributed by atoms with Crippen LogP contribution < -0.4 is 14.5 Å². The first-order valence-electron chi connectivity index (χ1n) is 11.9. The van der Waals surface area contributed by atoms with Crippen LogP contribution in [0.15, 0.2) is 72.3 Å². The second-order valence-electron chi connectivity index (χ2n) is 9.46. The second-order valence-corrected chi connectivity index (χ2v) is 9.46. The van der Waals surface area contributed by atoms with Crippen molar-refractivity contribution in [3.63, 3.8) is 0 Å². The maximum Gasteiger partial charge on any atom is 0.300 e. The molecule has 2 heterocycles. The van der Waals surface area contributed by atoms with Crippen LogP contribution in [0, 0.1) is 0 Å². The molecule has 1 amide bonds. The number of hydrogen-bond acceptors (Lipinski definition) is 6. The lowest BCUT2D eigenvalue weighted by Gasteiger charge is -2.28. The number of Topliss-reactive ketones (excluding diaryl/α,β-unsaturated/α-hetero) is 1. The molecule has 0 bridgehead atoms. The summed E-state index contributed by atoms with van der Waals surface area (Å²) in [7, 11) is 1.93. The molecule has 3 aromatic carbocycles. The average molecular weight is 485 g/mol. The lowest BCUT2D eigenvalue weighted by atomic mass is 9.94. The van der Waals surface area contributed by atoms with E-state index in [0.29, 0.717) is 41.6 Å². The van der Waals surface area contributed by atoms with Crippen LogP contribution in [0.25, 0.3) is 5.76 Å². The predicted octanol–water partition coefficient (Wildman–Crippen LogP) is 4.97. The number of carbonyl (C=O) groups is 2. The Hall–Kier alpha value is -4.26. The summed E-state index contributed by atoms with van der Waals surface area (Å²) in [6, 6.07) is 18.2. The van der Waals surface area contributed by atoms with E-state index in [4.69, 9.17) is 4.74 Å². The van der Waals surface area contributed by atoms with Gasteiger partial charge >= 0.3 is 0 Å². The van der Waals surface area contributed by atoms with Gasteiger partial charge in [0.2, 0.25) is 0 Å². The fraction of sp³-hybridized carbons (Fsp3) is 0.241. The highest BCUT2D eigenvalue weighted by molar-refractivity contribution is 6.51. The molecule has 36 heavy (non-hydrogen) atoms. The maximum absolute atomic E-state index is 13.4. The number of nitrogens with zero attached hydrogens (tertiary/aromatic N) is 2. The molecule has 1 atom stereocenters. The Balaban J connectivity index is 1.68. The van der Waals surface area contributed by atoms with Gasteiger partial charge in [-0.05, 0) is 59.5 Å². The summed E-state index contributed by atoms with van der Waals surface area (Å²) in [6.07, 6.45) is 0. The van der Waals surface area contributed by atoms with Crippen molar-refractivity contribution in [2.75, 3.05) is 30.0 Å². The number of ether oxygens (including phenoxy) is 1. The van der Waals surface area contributed by atoms with Crippen LogP contribution in [0.1, 0.15) is 42.5 Å². The molecule has 0 spiro atoms. The fourth-order valence-electron chi connectivity index (χ4n) is 4.78. The molecule has 2 aliphatic rings. The number of hydrogen-bond donors (Lipinski definition) is 2. The normalized spacial score (nSPS) is 18.9. The van der Waals surface area contributed by atoms with Crippen LogP contribution in [0.4, 0.5) is 11.4 Å². The first-order chi connectivity index (χ1) is 17.3. The number of aliphatic hydroxyl groups is 1. The topological polar surface area (TPSA) is 90.3 Å². The van der Waals surface area contributed by atoms with Gasteiger partial charge < -0.3 is 19.8 Å². The maximum atomic E-state index is 13.4. The number of carbonyl (C=O) groups excluding carboxylic acids is 2. The minimum absolute atomic E-state index is 0.000739. The Labute approximate surface area is 209 Å². The predicted molar refractivity (Wildman–Crippen MR) is 139 cm³/mol. The van der Waals surface area contributed by atoms with E-state index in [2.05, 4.69) is 13.8 Å². The Bertz CT molecular complexity index is 1380. The van der Waals surface area contributed by atoms with Gasteiger partial charge in [0.1, 0.15) is 23.9 Å². The highest BCUT2D eigenvalue weighted by atomic mass is 16.5. The Morgan fingerprint density at radius 3 is 2.47 bits per heavy atom. The summed E-state index contributed by atoms with van der Waals surface area (Å²) in [6.45, 7) is 5.41. The number of likely N-dealkylation sites (N-methyl/N-ethyl adjacent to an activating group) is 1.